The number of hydrogen-bond donors (Lipinski definition) is 2. The van der Waals surface area contributed by atoms with Crippen LogP contribution in [0.1, 0.15) is 63.4 Å². The van der Waals surface area contributed by atoms with E-state index in [2.05, 4.69) is 41.3 Å². The van der Waals surface area contributed by atoms with Gasteiger partial charge in [-0.25, -0.2) is 9.78 Å². The van der Waals surface area contributed by atoms with Crippen molar-refractivity contribution in [1.29, 1.82) is 0 Å². The number of aromatic amines is 1. The second kappa shape index (κ2) is 7.58. The van der Waals surface area contributed by atoms with Crippen molar-refractivity contribution < 1.29 is 13.9 Å². The summed E-state index contributed by atoms with van der Waals surface area (Å²) in [7, 11) is 1.58. The van der Waals surface area contributed by atoms with E-state index in [1.807, 2.05) is 12.1 Å². The van der Waals surface area contributed by atoms with Gasteiger partial charge in [0.05, 0.1) is 12.1 Å². The van der Waals surface area contributed by atoms with Gasteiger partial charge in [-0.3, -0.25) is 5.10 Å². The zero-order valence-corrected chi connectivity index (χ0v) is 19.0. The van der Waals surface area contributed by atoms with Gasteiger partial charge in [0.25, 0.3) is 0 Å². The van der Waals surface area contributed by atoms with Crippen LogP contribution >= 0.6 is 11.6 Å². The molecule has 0 aliphatic carbocycles. The molecule has 0 radical (unpaired) electrons. The Bertz CT molecular complexity index is 1110. The Hall–Kier alpha value is -2.61. The lowest BCUT2D eigenvalue weighted by Gasteiger charge is -2.20. The number of carbonyl (C=O) groups excluding carboxylic acids is 1. The maximum atomic E-state index is 14.3. The molecular formula is C21H27ClFN5O2. The third-order valence-corrected chi connectivity index (χ3v) is 4.92. The Balaban J connectivity index is 1.87. The van der Waals surface area contributed by atoms with Gasteiger partial charge >= 0.3 is 5.97 Å². The van der Waals surface area contributed by atoms with E-state index in [0.717, 1.165) is 16.5 Å². The number of nitrogens with one attached hydrogen (secondary N) is 2. The van der Waals surface area contributed by atoms with Crippen LogP contribution in [0.25, 0.3) is 10.9 Å². The SMILES string of the molecule is Cn1c(CNc2n[nH]c3cc(Cl)c(C(C)(C)C)cc23)nc(F)c1C(=O)OC(C)(C)C. The van der Waals surface area contributed by atoms with Crippen LogP contribution in [-0.4, -0.2) is 31.3 Å². The van der Waals surface area contributed by atoms with E-state index in [9.17, 15) is 9.18 Å². The Kier molecular flexibility index (Phi) is 5.58. The molecule has 2 aromatic heterocycles. The molecule has 0 fully saturated rings. The monoisotopic (exact) mass is 435 g/mol. The minimum atomic E-state index is -0.864. The standard InChI is InChI=1S/C21H27ClFN5O2/c1-20(2,3)12-8-11-14(9-13(12)22)26-27-18(11)24-10-15-25-17(23)16(28(15)7)19(29)30-21(4,5)6/h8-9H,10H2,1-7H3,(H2,24,26,27). The molecule has 2 N–H and O–H groups in total. The van der Waals surface area contributed by atoms with Crippen LogP contribution < -0.4 is 5.32 Å². The Morgan fingerprint density at radius 2 is 1.93 bits per heavy atom. The lowest BCUT2D eigenvalue weighted by Crippen LogP contribution is -2.26. The fourth-order valence-electron chi connectivity index (χ4n) is 3.12. The normalized spacial score (nSPS) is 12.4. The Morgan fingerprint density at radius 1 is 1.27 bits per heavy atom. The van der Waals surface area contributed by atoms with Gasteiger partial charge in [-0.1, -0.05) is 32.4 Å². The average Bonchev–Trinajstić information content (AvgIpc) is 3.09. The van der Waals surface area contributed by atoms with E-state index < -0.39 is 17.5 Å². The van der Waals surface area contributed by atoms with Crippen LogP contribution in [-0.2, 0) is 23.7 Å². The largest absolute Gasteiger partial charge is 0.455 e. The summed E-state index contributed by atoms with van der Waals surface area (Å²) in [6, 6.07) is 3.84. The molecule has 0 bridgehead atoms. The van der Waals surface area contributed by atoms with Gasteiger partial charge in [0.2, 0.25) is 5.95 Å². The first-order chi connectivity index (χ1) is 13.8. The lowest BCUT2D eigenvalue weighted by atomic mass is 9.86. The molecule has 3 aromatic rings. The van der Waals surface area contributed by atoms with Crippen molar-refractivity contribution in [3.63, 3.8) is 0 Å². The van der Waals surface area contributed by atoms with Gasteiger partial charge in [0.15, 0.2) is 11.5 Å². The van der Waals surface area contributed by atoms with E-state index in [-0.39, 0.29) is 17.7 Å². The smallest absolute Gasteiger partial charge is 0.360 e. The summed E-state index contributed by atoms with van der Waals surface area (Å²) in [6.45, 7) is 11.6. The first-order valence-corrected chi connectivity index (χ1v) is 10.0. The molecule has 162 valence electrons. The van der Waals surface area contributed by atoms with E-state index in [1.165, 1.54) is 4.57 Å². The van der Waals surface area contributed by atoms with Crippen LogP contribution in [0.5, 0.6) is 0 Å². The van der Waals surface area contributed by atoms with Crippen molar-refractivity contribution in [1.82, 2.24) is 19.7 Å². The number of H-pyrrole nitrogens is 1. The number of aromatic nitrogens is 4. The summed E-state index contributed by atoms with van der Waals surface area (Å²) in [6.07, 6.45) is 0. The van der Waals surface area contributed by atoms with Gasteiger partial charge in [-0.2, -0.15) is 9.49 Å². The molecule has 30 heavy (non-hydrogen) atoms. The summed E-state index contributed by atoms with van der Waals surface area (Å²) in [5.41, 5.74) is 0.708. The number of esters is 1. The highest BCUT2D eigenvalue weighted by Crippen LogP contribution is 2.34. The number of ether oxygens (including phenoxy) is 1. The number of anilines is 1. The van der Waals surface area contributed by atoms with Crippen molar-refractivity contribution in [2.24, 2.45) is 7.05 Å². The molecule has 0 aliphatic rings. The van der Waals surface area contributed by atoms with Crippen LogP contribution in [0.15, 0.2) is 12.1 Å². The topological polar surface area (TPSA) is 84.8 Å². The van der Waals surface area contributed by atoms with Gasteiger partial charge in [-0.15, -0.1) is 0 Å². The first-order valence-electron chi connectivity index (χ1n) is 9.64. The number of carbonyl (C=O) groups is 1. The van der Waals surface area contributed by atoms with E-state index >= 15 is 0 Å². The van der Waals surface area contributed by atoms with Crippen molar-refractivity contribution in [3.05, 3.63) is 40.2 Å². The number of imidazole rings is 1. The van der Waals surface area contributed by atoms with Gasteiger partial charge < -0.3 is 14.6 Å². The second-order valence-corrected chi connectivity index (χ2v) is 9.69. The van der Waals surface area contributed by atoms with E-state index in [1.54, 1.807) is 27.8 Å². The number of nitrogens with zero attached hydrogens (tertiary/aromatic N) is 3. The number of halogens is 2. The third kappa shape index (κ3) is 4.43. The fourth-order valence-corrected chi connectivity index (χ4v) is 3.57. The third-order valence-electron chi connectivity index (χ3n) is 4.61. The van der Waals surface area contributed by atoms with Crippen molar-refractivity contribution in [2.75, 3.05) is 5.32 Å². The zero-order chi connectivity index (χ0) is 22.4. The minimum Gasteiger partial charge on any atom is -0.455 e. The van der Waals surface area contributed by atoms with E-state index in [4.69, 9.17) is 16.3 Å². The summed E-state index contributed by atoms with van der Waals surface area (Å²) in [5.74, 6) is -0.683. The van der Waals surface area contributed by atoms with Gasteiger partial charge in [0, 0.05) is 17.5 Å². The second-order valence-electron chi connectivity index (χ2n) is 9.28. The molecule has 0 aliphatic heterocycles. The van der Waals surface area contributed by atoms with Crippen molar-refractivity contribution in [2.45, 2.75) is 59.1 Å². The maximum absolute atomic E-state index is 14.3. The molecule has 9 heteroatoms. The fraction of sp³-hybridized carbons (Fsp3) is 0.476. The summed E-state index contributed by atoms with van der Waals surface area (Å²) in [5, 5.41) is 11.9. The summed E-state index contributed by atoms with van der Waals surface area (Å²) < 4.78 is 21.0. The molecule has 2 heterocycles. The molecule has 0 saturated carbocycles. The minimum absolute atomic E-state index is 0.134. The highest BCUT2D eigenvalue weighted by atomic mass is 35.5. The van der Waals surface area contributed by atoms with Gasteiger partial charge in [0.1, 0.15) is 11.4 Å². The predicted molar refractivity (Wildman–Crippen MR) is 115 cm³/mol. The first kappa shape index (κ1) is 22.1. The Labute approximate surface area is 180 Å². The lowest BCUT2D eigenvalue weighted by molar-refractivity contribution is 0.00532. The number of rotatable bonds is 4. The molecule has 3 rings (SSSR count). The molecule has 1 aromatic carbocycles. The van der Waals surface area contributed by atoms with Crippen LogP contribution in [0, 0.1) is 5.95 Å². The molecule has 0 spiro atoms. The van der Waals surface area contributed by atoms with Crippen LogP contribution in [0.4, 0.5) is 10.2 Å². The predicted octanol–water partition coefficient (Wildman–Crippen LogP) is 4.95. The number of benzene rings is 1. The zero-order valence-electron chi connectivity index (χ0n) is 18.3. The molecule has 0 unspecified atom stereocenters. The van der Waals surface area contributed by atoms with E-state index in [0.29, 0.717) is 16.7 Å². The van der Waals surface area contributed by atoms with Crippen molar-refractivity contribution in [3.8, 4) is 0 Å². The molecular weight excluding hydrogens is 409 g/mol. The maximum Gasteiger partial charge on any atom is 0.360 e. The summed E-state index contributed by atoms with van der Waals surface area (Å²) in [4.78, 5) is 16.2. The quantitative estimate of drug-likeness (QED) is 0.566. The highest BCUT2D eigenvalue weighted by Gasteiger charge is 2.27. The Morgan fingerprint density at radius 3 is 2.53 bits per heavy atom. The molecule has 7 nitrogen and oxygen atoms in total. The van der Waals surface area contributed by atoms with Crippen molar-refractivity contribution >= 4 is 34.3 Å². The number of fused-ring (bicyclic) bond motifs is 1. The molecule has 0 atom stereocenters. The molecule has 0 amide bonds. The highest BCUT2D eigenvalue weighted by molar-refractivity contribution is 6.32. The summed E-state index contributed by atoms with van der Waals surface area (Å²) >= 11 is 6.42. The van der Waals surface area contributed by atoms with Gasteiger partial charge in [-0.05, 0) is 43.9 Å². The molecule has 0 saturated heterocycles. The van der Waals surface area contributed by atoms with Crippen LogP contribution in [0.2, 0.25) is 5.02 Å². The van der Waals surface area contributed by atoms with Crippen LogP contribution in [0.3, 0.4) is 0 Å². The average molecular weight is 436 g/mol. The number of hydrogen-bond acceptors (Lipinski definition) is 5.